The zero-order valence-electron chi connectivity index (χ0n) is 19.3. The lowest BCUT2D eigenvalue weighted by Crippen LogP contribution is -2.33. The molecule has 33 heavy (non-hydrogen) atoms. The van der Waals surface area contributed by atoms with Crippen LogP contribution < -0.4 is 0 Å². The second-order valence-electron chi connectivity index (χ2n) is 8.73. The first-order chi connectivity index (χ1) is 15.7. The van der Waals surface area contributed by atoms with Gasteiger partial charge in [-0.25, -0.2) is 4.79 Å². The number of rotatable bonds is 8. The lowest BCUT2D eigenvalue weighted by Gasteiger charge is -2.23. The van der Waals surface area contributed by atoms with E-state index in [2.05, 4.69) is 36.5 Å². The number of benzene rings is 1. The maximum atomic E-state index is 13.3. The normalized spacial score (nSPS) is 15.0. The summed E-state index contributed by atoms with van der Waals surface area (Å²) in [6, 6.07) is 11.1. The van der Waals surface area contributed by atoms with Crippen LogP contribution in [0.2, 0.25) is 0 Å². The number of carbonyl (C=O) groups is 1. The number of nitrogens with zero attached hydrogens (tertiary/aromatic N) is 2. The predicted octanol–water partition coefficient (Wildman–Crippen LogP) is 7.31. The summed E-state index contributed by atoms with van der Waals surface area (Å²) in [6.07, 6.45) is 8.67. The summed E-state index contributed by atoms with van der Waals surface area (Å²) in [5, 5.41) is 0.397. The van der Waals surface area contributed by atoms with Gasteiger partial charge in [0.25, 0.3) is 0 Å². The number of halogens is 1. The molecule has 1 aliphatic rings. The highest BCUT2D eigenvalue weighted by Crippen LogP contribution is 2.37. The predicted molar refractivity (Wildman–Crippen MR) is 141 cm³/mol. The van der Waals surface area contributed by atoms with Crippen LogP contribution in [0.5, 0.6) is 0 Å². The van der Waals surface area contributed by atoms with Crippen LogP contribution in [0.3, 0.4) is 0 Å². The highest BCUT2D eigenvalue weighted by molar-refractivity contribution is 7.14. The van der Waals surface area contributed by atoms with Crippen molar-refractivity contribution in [2.75, 3.05) is 0 Å². The molecule has 0 bridgehead atoms. The minimum absolute atomic E-state index is 0.361. The molecule has 0 radical (unpaired) electrons. The summed E-state index contributed by atoms with van der Waals surface area (Å²) < 4.78 is 5.75. The summed E-state index contributed by atoms with van der Waals surface area (Å²) in [7, 11) is 0. The van der Waals surface area contributed by atoms with E-state index in [1.54, 1.807) is 0 Å². The minimum atomic E-state index is -0.733. The van der Waals surface area contributed by atoms with Gasteiger partial charge in [-0.15, -0.1) is 11.3 Å². The van der Waals surface area contributed by atoms with Crippen molar-refractivity contribution in [2.45, 2.75) is 51.7 Å². The molecular weight excluding hydrogens is 452 g/mol. The third-order valence-corrected chi connectivity index (χ3v) is 6.36. The summed E-state index contributed by atoms with van der Waals surface area (Å²) in [6.45, 7) is 13.0. The molecule has 1 aromatic carbocycles. The van der Waals surface area contributed by atoms with Gasteiger partial charge in [-0.1, -0.05) is 66.7 Å². The van der Waals surface area contributed by atoms with E-state index in [0.717, 1.165) is 39.4 Å². The molecule has 1 aromatic heterocycles. The highest BCUT2D eigenvalue weighted by atomic mass is 35.5. The molecule has 0 saturated heterocycles. The first-order valence-electron chi connectivity index (χ1n) is 10.9. The van der Waals surface area contributed by atoms with Gasteiger partial charge in [-0.05, 0) is 52.0 Å². The molecule has 0 aliphatic heterocycles. The van der Waals surface area contributed by atoms with Gasteiger partial charge < -0.3 is 4.74 Å². The maximum Gasteiger partial charge on any atom is 0.331 e. The molecular formula is C27H29ClN2O2S. The fraction of sp³-hybridized carbons (Fsp3) is 0.296. The van der Waals surface area contributed by atoms with E-state index in [1.165, 1.54) is 11.3 Å². The molecule has 1 atom stereocenters. The molecule has 6 heteroatoms. The van der Waals surface area contributed by atoms with Crippen LogP contribution in [0, 0.1) is 0 Å². The topological polar surface area (TPSA) is 51.0 Å². The number of hydrogen-bond donors (Lipinski definition) is 0. The average molecular weight is 481 g/mol. The Bertz CT molecular complexity index is 1120. The number of aliphatic imine (C=N–C) groups is 2. The standard InChI is InChI=1S/C27H29ClN2O2S/c1-18(28)25-22(29-5)16-21(33-25)17-23(26(31)32-27(2,3)4)30-24(19-12-8-6-9-13-19)20-14-10-7-11-15-20/h6,8-10,12-16,23H,1,5,7,11,17H2,2-4H3. The van der Waals surface area contributed by atoms with E-state index < -0.39 is 11.6 Å². The number of hydrogen-bond acceptors (Lipinski definition) is 5. The Morgan fingerprint density at radius 2 is 1.97 bits per heavy atom. The average Bonchev–Trinajstić information content (AvgIpc) is 3.20. The zero-order chi connectivity index (χ0) is 24.0. The van der Waals surface area contributed by atoms with Crippen LogP contribution in [0.1, 0.15) is 48.9 Å². The SMILES string of the molecule is C=Nc1cc(CC(N=C(C2=CCCC=C2)c2ccccc2)C(=O)OC(C)(C)C)sc1C(=C)Cl. The molecule has 1 heterocycles. The van der Waals surface area contributed by atoms with Crippen molar-refractivity contribution >= 4 is 52.1 Å². The zero-order valence-corrected chi connectivity index (χ0v) is 20.9. The second-order valence-corrected chi connectivity index (χ2v) is 10.3. The largest absolute Gasteiger partial charge is 0.458 e. The first kappa shape index (κ1) is 24.9. The van der Waals surface area contributed by atoms with Crippen LogP contribution in [-0.2, 0) is 16.0 Å². The van der Waals surface area contributed by atoms with E-state index in [0.29, 0.717) is 17.1 Å². The van der Waals surface area contributed by atoms with Crippen molar-refractivity contribution in [1.29, 1.82) is 0 Å². The quantitative estimate of drug-likeness (QED) is 0.294. The minimum Gasteiger partial charge on any atom is -0.458 e. The molecule has 0 spiro atoms. The number of esters is 1. The molecule has 4 nitrogen and oxygen atoms in total. The number of carbonyl (C=O) groups excluding carboxylic acids is 1. The van der Waals surface area contributed by atoms with Gasteiger partial charge in [0.15, 0.2) is 6.04 Å². The Morgan fingerprint density at radius 1 is 1.24 bits per heavy atom. The van der Waals surface area contributed by atoms with Crippen LogP contribution in [-0.4, -0.2) is 30.0 Å². The summed E-state index contributed by atoms with van der Waals surface area (Å²) in [4.78, 5) is 24.0. The third kappa shape index (κ3) is 6.86. The highest BCUT2D eigenvalue weighted by Gasteiger charge is 2.27. The van der Waals surface area contributed by atoms with Gasteiger partial charge in [0.05, 0.1) is 21.3 Å². The van der Waals surface area contributed by atoms with Gasteiger partial charge in [0, 0.05) is 16.9 Å². The summed E-state index contributed by atoms with van der Waals surface area (Å²) >= 11 is 7.59. The molecule has 2 aromatic rings. The molecule has 0 amide bonds. The third-order valence-electron chi connectivity index (χ3n) is 4.85. The van der Waals surface area contributed by atoms with Crippen molar-refractivity contribution in [2.24, 2.45) is 9.98 Å². The van der Waals surface area contributed by atoms with Gasteiger partial charge >= 0.3 is 5.97 Å². The monoisotopic (exact) mass is 480 g/mol. The van der Waals surface area contributed by atoms with E-state index in [-0.39, 0.29) is 5.97 Å². The molecule has 1 aliphatic carbocycles. The van der Waals surface area contributed by atoms with Gasteiger partial charge in [-0.2, -0.15) is 0 Å². The lowest BCUT2D eigenvalue weighted by atomic mass is 9.97. The molecule has 1 unspecified atom stereocenters. The van der Waals surface area contributed by atoms with Crippen molar-refractivity contribution in [3.05, 3.63) is 82.1 Å². The van der Waals surface area contributed by atoms with Crippen LogP contribution >= 0.6 is 22.9 Å². The molecule has 0 saturated carbocycles. The van der Waals surface area contributed by atoms with Crippen molar-refractivity contribution in [3.8, 4) is 0 Å². The van der Waals surface area contributed by atoms with Crippen molar-refractivity contribution < 1.29 is 9.53 Å². The number of ether oxygens (including phenoxy) is 1. The second kappa shape index (κ2) is 10.9. The molecule has 172 valence electrons. The molecule has 0 N–H and O–H groups in total. The Balaban J connectivity index is 2.07. The fourth-order valence-corrected chi connectivity index (χ4v) is 4.67. The van der Waals surface area contributed by atoms with Gasteiger partial charge in [-0.3, -0.25) is 9.98 Å². The summed E-state index contributed by atoms with van der Waals surface area (Å²) in [5.41, 5.74) is 2.78. The van der Waals surface area contributed by atoms with Crippen LogP contribution in [0.15, 0.2) is 76.8 Å². The van der Waals surface area contributed by atoms with Crippen molar-refractivity contribution in [3.63, 3.8) is 0 Å². The van der Waals surface area contributed by atoms with E-state index in [1.807, 2.05) is 57.2 Å². The molecule has 0 fully saturated rings. The first-order valence-corrected chi connectivity index (χ1v) is 12.0. The van der Waals surface area contributed by atoms with E-state index in [9.17, 15) is 4.79 Å². The van der Waals surface area contributed by atoms with Gasteiger partial charge in [0.2, 0.25) is 0 Å². The Labute approximate surface area is 205 Å². The Morgan fingerprint density at radius 3 is 2.52 bits per heavy atom. The van der Waals surface area contributed by atoms with E-state index >= 15 is 0 Å². The number of allylic oxidation sites excluding steroid dienone is 4. The number of thiophene rings is 1. The van der Waals surface area contributed by atoms with Gasteiger partial charge in [0.1, 0.15) is 5.60 Å². The fourth-order valence-electron chi connectivity index (χ4n) is 3.44. The smallest absolute Gasteiger partial charge is 0.331 e. The van der Waals surface area contributed by atoms with Crippen LogP contribution in [0.4, 0.5) is 5.69 Å². The summed E-state index contributed by atoms with van der Waals surface area (Å²) in [5.74, 6) is -0.371. The Kier molecular flexibility index (Phi) is 8.22. The lowest BCUT2D eigenvalue weighted by molar-refractivity contribution is -0.156. The van der Waals surface area contributed by atoms with Crippen molar-refractivity contribution in [1.82, 2.24) is 0 Å². The Hall–Kier alpha value is -2.76. The molecule has 3 rings (SSSR count). The van der Waals surface area contributed by atoms with E-state index in [4.69, 9.17) is 21.3 Å². The van der Waals surface area contributed by atoms with Crippen LogP contribution in [0.25, 0.3) is 5.03 Å². The maximum absolute atomic E-state index is 13.3.